The van der Waals surface area contributed by atoms with Crippen molar-refractivity contribution in [1.29, 1.82) is 0 Å². The number of methoxy groups -OCH3 is 1. The Hall–Kier alpha value is -1.96. The predicted molar refractivity (Wildman–Crippen MR) is 114 cm³/mol. The van der Waals surface area contributed by atoms with Gasteiger partial charge in [-0.3, -0.25) is 9.10 Å². The van der Waals surface area contributed by atoms with E-state index < -0.39 is 10.0 Å². The zero-order valence-electron chi connectivity index (χ0n) is 15.8. The second-order valence-corrected chi connectivity index (χ2v) is 8.94. The predicted octanol–water partition coefficient (Wildman–Crippen LogP) is 4.50. The third kappa shape index (κ3) is 5.77. The molecule has 2 aromatic rings. The largest absolute Gasteiger partial charge is 0.495 e. The summed E-state index contributed by atoms with van der Waals surface area (Å²) in [5.41, 5.74) is 1.84. The lowest BCUT2D eigenvalue weighted by molar-refractivity contribution is -0.116. The summed E-state index contributed by atoms with van der Waals surface area (Å²) in [6.07, 6.45) is 1.60. The number of rotatable bonds is 8. The Morgan fingerprint density at radius 2 is 1.89 bits per heavy atom. The first-order valence-electron chi connectivity index (χ1n) is 8.49. The Morgan fingerprint density at radius 3 is 2.50 bits per heavy atom. The lowest BCUT2D eigenvalue weighted by Gasteiger charge is -2.23. The minimum absolute atomic E-state index is 0.142. The van der Waals surface area contributed by atoms with Crippen LogP contribution in [0.25, 0.3) is 0 Å². The second-order valence-electron chi connectivity index (χ2n) is 6.22. The van der Waals surface area contributed by atoms with Gasteiger partial charge in [0.25, 0.3) is 0 Å². The number of nitrogens with zero attached hydrogens (tertiary/aromatic N) is 1. The van der Waals surface area contributed by atoms with Gasteiger partial charge in [-0.1, -0.05) is 29.3 Å². The lowest BCUT2D eigenvalue weighted by Crippen LogP contribution is -2.31. The lowest BCUT2D eigenvalue weighted by atomic mass is 10.2. The van der Waals surface area contributed by atoms with Crippen LogP contribution < -0.4 is 14.4 Å². The van der Waals surface area contributed by atoms with Gasteiger partial charge in [-0.2, -0.15) is 0 Å². The SMILES string of the molecule is COc1ccc(N(CCCC(=O)Nc2cccc(Cl)c2C)S(C)(=O)=O)cc1Cl. The standard InChI is InChI=1S/C19H22Cl2N2O4S/c1-13-15(20)6-4-7-17(13)22-19(24)8-5-11-23(28(3,25)26)14-9-10-18(27-2)16(21)12-14/h4,6-7,9-10,12H,5,8,11H2,1-3H3,(H,22,24). The van der Waals surface area contributed by atoms with Crippen LogP contribution in [0.15, 0.2) is 36.4 Å². The van der Waals surface area contributed by atoms with E-state index in [1.165, 1.54) is 17.5 Å². The highest BCUT2D eigenvalue weighted by molar-refractivity contribution is 7.92. The van der Waals surface area contributed by atoms with Crippen molar-refractivity contribution in [3.05, 3.63) is 52.0 Å². The van der Waals surface area contributed by atoms with Gasteiger partial charge in [0.1, 0.15) is 5.75 Å². The smallest absolute Gasteiger partial charge is 0.232 e. The average Bonchev–Trinajstić information content (AvgIpc) is 2.61. The molecule has 28 heavy (non-hydrogen) atoms. The Morgan fingerprint density at radius 1 is 1.18 bits per heavy atom. The molecular formula is C19H22Cl2N2O4S. The Bertz CT molecular complexity index is 964. The van der Waals surface area contributed by atoms with Crippen LogP contribution in [0.3, 0.4) is 0 Å². The maximum absolute atomic E-state index is 12.2. The molecule has 6 nitrogen and oxygen atoms in total. The highest BCUT2D eigenvalue weighted by atomic mass is 35.5. The molecule has 0 saturated heterocycles. The van der Waals surface area contributed by atoms with Crippen LogP contribution >= 0.6 is 23.2 Å². The summed E-state index contributed by atoms with van der Waals surface area (Å²) in [4.78, 5) is 12.2. The number of hydrogen-bond donors (Lipinski definition) is 1. The number of benzene rings is 2. The van der Waals surface area contributed by atoms with Gasteiger partial charge >= 0.3 is 0 Å². The normalized spacial score (nSPS) is 11.2. The van der Waals surface area contributed by atoms with Crippen LogP contribution in [0.5, 0.6) is 5.75 Å². The number of hydrogen-bond acceptors (Lipinski definition) is 4. The molecule has 0 radical (unpaired) electrons. The molecule has 9 heteroatoms. The molecule has 0 fully saturated rings. The summed E-state index contributed by atoms with van der Waals surface area (Å²) in [5.74, 6) is 0.238. The Kier molecular flexibility index (Phi) is 7.57. The molecule has 0 aliphatic heterocycles. The van der Waals surface area contributed by atoms with Crippen molar-refractivity contribution >= 4 is 50.5 Å². The molecule has 1 amide bonds. The third-order valence-corrected chi connectivity index (χ3v) is 6.03. The molecule has 0 unspecified atom stereocenters. The van der Waals surface area contributed by atoms with E-state index >= 15 is 0 Å². The molecule has 0 aliphatic carbocycles. The summed E-state index contributed by atoms with van der Waals surface area (Å²) in [5, 5.41) is 3.67. The number of amides is 1. The first kappa shape index (κ1) is 22.3. The number of sulfonamides is 1. The van der Waals surface area contributed by atoms with Gasteiger partial charge in [0.05, 0.1) is 24.1 Å². The van der Waals surface area contributed by atoms with Gasteiger partial charge in [0, 0.05) is 23.7 Å². The number of nitrogens with one attached hydrogen (secondary N) is 1. The van der Waals surface area contributed by atoms with Crippen LogP contribution in [0.4, 0.5) is 11.4 Å². The third-order valence-electron chi connectivity index (χ3n) is 4.13. The number of halogens is 2. The summed E-state index contributed by atoms with van der Waals surface area (Å²) >= 11 is 12.2. The maximum Gasteiger partial charge on any atom is 0.232 e. The number of carbonyl (C=O) groups is 1. The molecule has 0 spiro atoms. The topological polar surface area (TPSA) is 75.7 Å². The summed E-state index contributed by atoms with van der Waals surface area (Å²) in [6, 6.07) is 10.0. The van der Waals surface area contributed by atoms with Crippen LogP contribution in [0, 0.1) is 6.92 Å². The number of anilines is 2. The second kappa shape index (κ2) is 9.49. The Balaban J connectivity index is 2.03. The van der Waals surface area contributed by atoms with E-state index in [4.69, 9.17) is 27.9 Å². The maximum atomic E-state index is 12.2. The zero-order chi connectivity index (χ0) is 20.9. The molecule has 1 N–H and O–H groups in total. The fourth-order valence-electron chi connectivity index (χ4n) is 2.64. The van der Waals surface area contributed by atoms with Gasteiger partial charge in [-0.05, 0) is 49.2 Å². The Labute approximate surface area is 175 Å². The van der Waals surface area contributed by atoms with E-state index in [0.717, 1.165) is 11.8 Å². The summed E-state index contributed by atoms with van der Waals surface area (Å²) in [6.45, 7) is 1.96. The summed E-state index contributed by atoms with van der Waals surface area (Å²) in [7, 11) is -2.06. The fourth-order valence-corrected chi connectivity index (χ4v) is 4.02. The minimum Gasteiger partial charge on any atom is -0.495 e. The molecule has 0 saturated carbocycles. The van der Waals surface area contributed by atoms with E-state index in [1.807, 2.05) is 6.92 Å². The van der Waals surface area contributed by atoms with E-state index in [9.17, 15) is 13.2 Å². The fraction of sp³-hybridized carbons (Fsp3) is 0.316. The highest BCUT2D eigenvalue weighted by Crippen LogP contribution is 2.30. The van der Waals surface area contributed by atoms with E-state index in [1.54, 1.807) is 30.3 Å². The van der Waals surface area contributed by atoms with Crippen LogP contribution in [-0.4, -0.2) is 34.2 Å². The monoisotopic (exact) mass is 444 g/mol. The van der Waals surface area contributed by atoms with Crippen molar-refractivity contribution in [3.63, 3.8) is 0 Å². The van der Waals surface area contributed by atoms with Crippen LogP contribution in [0.2, 0.25) is 10.0 Å². The van der Waals surface area contributed by atoms with E-state index in [0.29, 0.717) is 33.6 Å². The summed E-state index contributed by atoms with van der Waals surface area (Å²) < 4.78 is 30.7. The molecule has 0 bridgehead atoms. The molecule has 2 rings (SSSR count). The minimum atomic E-state index is -3.54. The molecule has 0 atom stereocenters. The van der Waals surface area contributed by atoms with Crippen molar-refractivity contribution in [2.45, 2.75) is 19.8 Å². The van der Waals surface area contributed by atoms with Crippen LogP contribution in [0.1, 0.15) is 18.4 Å². The van der Waals surface area contributed by atoms with Gasteiger partial charge in [0.15, 0.2) is 0 Å². The van der Waals surface area contributed by atoms with Crippen molar-refractivity contribution in [3.8, 4) is 5.75 Å². The first-order chi connectivity index (χ1) is 13.1. The molecule has 0 aliphatic rings. The van der Waals surface area contributed by atoms with Crippen molar-refractivity contribution in [2.75, 3.05) is 29.5 Å². The van der Waals surface area contributed by atoms with E-state index in [-0.39, 0.29) is 18.9 Å². The first-order valence-corrected chi connectivity index (χ1v) is 11.1. The van der Waals surface area contributed by atoms with Gasteiger partial charge in [-0.25, -0.2) is 8.42 Å². The molecule has 0 aromatic heterocycles. The van der Waals surface area contributed by atoms with Gasteiger partial charge < -0.3 is 10.1 Å². The van der Waals surface area contributed by atoms with Crippen molar-refractivity contribution in [1.82, 2.24) is 0 Å². The van der Waals surface area contributed by atoms with E-state index in [2.05, 4.69) is 5.32 Å². The quantitative estimate of drug-likeness (QED) is 0.650. The molecule has 0 heterocycles. The average molecular weight is 445 g/mol. The van der Waals surface area contributed by atoms with Crippen LogP contribution in [-0.2, 0) is 14.8 Å². The number of ether oxygens (including phenoxy) is 1. The van der Waals surface area contributed by atoms with Crippen molar-refractivity contribution in [2.24, 2.45) is 0 Å². The van der Waals surface area contributed by atoms with Gasteiger partial charge in [0.2, 0.25) is 15.9 Å². The van der Waals surface area contributed by atoms with Gasteiger partial charge in [-0.15, -0.1) is 0 Å². The molecule has 152 valence electrons. The zero-order valence-corrected chi connectivity index (χ0v) is 18.2. The highest BCUT2D eigenvalue weighted by Gasteiger charge is 2.19. The number of carbonyl (C=O) groups excluding carboxylic acids is 1. The van der Waals surface area contributed by atoms with Crippen molar-refractivity contribution < 1.29 is 17.9 Å². The molecule has 2 aromatic carbocycles. The molecular weight excluding hydrogens is 423 g/mol.